The smallest absolute Gasteiger partial charge is 0.127 e. The highest BCUT2D eigenvalue weighted by atomic mass is 35.5. The maximum Gasteiger partial charge on any atom is 0.127 e. The zero-order chi connectivity index (χ0) is 14.0. The first kappa shape index (κ1) is 15.1. The quantitative estimate of drug-likeness (QED) is 0.792. The lowest BCUT2D eigenvalue weighted by Crippen LogP contribution is -2.19. The molecular weight excluding hydrogens is 328 g/mol. The summed E-state index contributed by atoms with van der Waals surface area (Å²) in [6.45, 7) is 0. The van der Waals surface area contributed by atoms with Gasteiger partial charge in [0.15, 0.2) is 0 Å². The summed E-state index contributed by atoms with van der Waals surface area (Å²) in [6, 6.07) is 6.39. The maximum absolute atomic E-state index is 13.8. The number of nitrogens with one attached hydrogen (secondary N) is 1. The number of rotatable bonds is 4. The fraction of sp³-hybridized carbons (Fsp3) is 0.231. The van der Waals surface area contributed by atoms with Crippen LogP contribution in [0.4, 0.5) is 4.39 Å². The Hall–Kier alpha value is -0.320. The summed E-state index contributed by atoms with van der Waals surface area (Å²) < 4.78 is 15.0. The summed E-state index contributed by atoms with van der Waals surface area (Å²) in [5.41, 5.74) is 1.47. The summed E-state index contributed by atoms with van der Waals surface area (Å²) in [5, 5.41) is 3.51. The van der Waals surface area contributed by atoms with Crippen LogP contribution in [0.2, 0.25) is 13.7 Å². The summed E-state index contributed by atoms with van der Waals surface area (Å²) in [7, 11) is 1.81. The van der Waals surface area contributed by atoms with Crippen LogP contribution < -0.4 is 5.32 Å². The fourth-order valence-corrected chi connectivity index (χ4v) is 3.60. The normalized spacial score (nSPS) is 12.7. The molecule has 2 rings (SSSR count). The third kappa shape index (κ3) is 3.61. The summed E-state index contributed by atoms with van der Waals surface area (Å²) >= 11 is 19.1. The number of thiophene rings is 1. The molecule has 1 nitrogen and oxygen atoms in total. The van der Waals surface area contributed by atoms with Crippen molar-refractivity contribution in [2.45, 2.75) is 12.5 Å². The molecule has 19 heavy (non-hydrogen) atoms. The molecule has 0 amide bonds. The van der Waals surface area contributed by atoms with Gasteiger partial charge in [0.1, 0.15) is 5.82 Å². The Morgan fingerprint density at radius 2 is 2.00 bits per heavy atom. The lowest BCUT2D eigenvalue weighted by atomic mass is 10.0. The molecule has 6 heteroatoms. The Morgan fingerprint density at radius 1 is 1.26 bits per heavy atom. The van der Waals surface area contributed by atoms with Gasteiger partial charge < -0.3 is 5.32 Å². The van der Waals surface area contributed by atoms with Gasteiger partial charge in [0.05, 0.1) is 8.67 Å². The van der Waals surface area contributed by atoms with Gasteiger partial charge in [0.2, 0.25) is 0 Å². The molecule has 0 fully saturated rings. The van der Waals surface area contributed by atoms with E-state index in [9.17, 15) is 4.39 Å². The number of likely N-dealkylation sites (N-methyl/N-ethyl adjacent to an activating group) is 1. The average Bonchev–Trinajstić information content (AvgIpc) is 2.68. The van der Waals surface area contributed by atoms with Gasteiger partial charge >= 0.3 is 0 Å². The molecule has 0 bridgehead atoms. The highest BCUT2D eigenvalue weighted by Gasteiger charge is 2.18. The van der Waals surface area contributed by atoms with E-state index in [4.69, 9.17) is 34.8 Å². The Bertz CT molecular complexity index is 585. The van der Waals surface area contributed by atoms with E-state index in [2.05, 4.69) is 5.32 Å². The molecule has 1 heterocycles. The Kier molecular flexibility index (Phi) is 5.09. The van der Waals surface area contributed by atoms with Gasteiger partial charge in [0.25, 0.3) is 0 Å². The highest BCUT2D eigenvalue weighted by Crippen LogP contribution is 2.36. The molecule has 0 aliphatic rings. The molecule has 1 aromatic heterocycles. The molecule has 102 valence electrons. The summed E-state index contributed by atoms with van der Waals surface area (Å²) in [5.74, 6) is -0.315. The summed E-state index contributed by atoms with van der Waals surface area (Å²) in [4.78, 5) is 0. The van der Waals surface area contributed by atoms with Gasteiger partial charge in [-0.15, -0.1) is 11.3 Å². The van der Waals surface area contributed by atoms with Crippen LogP contribution in [0.5, 0.6) is 0 Å². The molecule has 1 unspecified atom stereocenters. The lowest BCUT2D eigenvalue weighted by molar-refractivity contribution is 0.555. The molecule has 2 aromatic rings. The number of halogens is 4. The fourth-order valence-electron chi connectivity index (χ4n) is 1.87. The number of hydrogen-bond donors (Lipinski definition) is 1. The van der Waals surface area contributed by atoms with Gasteiger partial charge in [-0.05, 0) is 37.2 Å². The van der Waals surface area contributed by atoms with Crippen molar-refractivity contribution >= 4 is 46.1 Å². The van der Waals surface area contributed by atoms with Crippen LogP contribution in [0.15, 0.2) is 24.3 Å². The van der Waals surface area contributed by atoms with Crippen LogP contribution in [-0.2, 0) is 6.42 Å². The van der Waals surface area contributed by atoms with Gasteiger partial charge in [-0.3, -0.25) is 0 Å². The Morgan fingerprint density at radius 3 is 2.53 bits per heavy atom. The molecule has 0 saturated heterocycles. The predicted octanol–water partition coefficient (Wildman–Crippen LogP) is 5.35. The maximum atomic E-state index is 13.8. The first-order valence-corrected chi connectivity index (χ1v) is 7.52. The van der Waals surface area contributed by atoms with Crippen molar-refractivity contribution in [1.29, 1.82) is 0 Å². The van der Waals surface area contributed by atoms with Gasteiger partial charge in [-0.1, -0.05) is 40.9 Å². The van der Waals surface area contributed by atoms with Crippen LogP contribution in [0, 0.1) is 5.82 Å². The lowest BCUT2D eigenvalue weighted by Gasteiger charge is -2.16. The van der Waals surface area contributed by atoms with Gasteiger partial charge in [0, 0.05) is 16.6 Å². The van der Waals surface area contributed by atoms with Crippen LogP contribution in [0.3, 0.4) is 0 Å². The van der Waals surface area contributed by atoms with Crippen LogP contribution >= 0.6 is 46.1 Å². The topological polar surface area (TPSA) is 12.0 Å². The van der Waals surface area contributed by atoms with E-state index >= 15 is 0 Å². The van der Waals surface area contributed by atoms with E-state index < -0.39 is 0 Å². The molecule has 1 atom stereocenters. The van der Waals surface area contributed by atoms with Crippen molar-refractivity contribution in [2.75, 3.05) is 7.05 Å². The zero-order valence-electron chi connectivity index (χ0n) is 10.0. The second-order valence-corrected chi connectivity index (χ2v) is 6.78. The molecule has 1 N–H and O–H groups in total. The average molecular weight is 339 g/mol. The van der Waals surface area contributed by atoms with Crippen molar-refractivity contribution < 1.29 is 4.39 Å². The van der Waals surface area contributed by atoms with Crippen LogP contribution in [0.1, 0.15) is 17.2 Å². The van der Waals surface area contributed by atoms with Crippen molar-refractivity contribution in [3.8, 4) is 0 Å². The van der Waals surface area contributed by atoms with E-state index in [1.165, 1.54) is 17.4 Å². The largest absolute Gasteiger partial charge is 0.313 e. The predicted molar refractivity (Wildman–Crippen MR) is 81.3 cm³/mol. The standard InChI is InChI=1S/C13H11Cl3FNS/c1-18-11(9-6-12(15)19-13(9)16)4-7-2-3-8(14)5-10(7)17/h2-3,5-6,11,18H,4H2,1H3. The minimum absolute atomic E-state index is 0.0908. The van der Waals surface area contributed by atoms with Crippen molar-refractivity contribution in [3.05, 3.63) is 54.9 Å². The van der Waals surface area contributed by atoms with E-state index in [1.807, 2.05) is 6.07 Å². The van der Waals surface area contributed by atoms with Gasteiger partial charge in [-0.25, -0.2) is 4.39 Å². The molecule has 1 aromatic carbocycles. The van der Waals surface area contributed by atoms with Gasteiger partial charge in [-0.2, -0.15) is 0 Å². The minimum atomic E-state index is -0.315. The molecule has 0 aliphatic carbocycles. The first-order valence-electron chi connectivity index (χ1n) is 5.57. The molecule has 0 spiro atoms. The van der Waals surface area contributed by atoms with Crippen molar-refractivity contribution in [1.82, 2.24) is 5.32 Å². The second kappa shape index (κ2) is 6.42. The molecule has 0 aliphatic heterocycles. The highest BCUT2D eigenvalue weighted by molar-refractivity contribution is 7.20. The van der Waals surface area contributed by atoms with Crippen LogP contribution in [-0.4, -0.2) is 7.05 Å². The SMILES string of the molecule is CNC(Cc1ccc(Cl)cc1F)c1cc(Cl)sc1Cl. The Balaban J connectivity index is 2.26. The number of benzene rings is 1. The van der Waals surface area contributed by atoms with Crippen LogP contribution in [0.25, 0.3) is 0 Å². The molecular formula is C13H11Cl3FNS. The van der Waals surface area contributed by atoms with Crippen molar-refractivity contribution in [3.63, 3.8) is 0 Å². The Labute approximate surface area is 130 Å². The third-order valence-electron chi connectivity index (χ3n) is 2.85. The molecule has 0 radical (unpaired) electrons. The number of hydrogen-bond acceptors (Lipinski definition) is 2. The summed E-state index contributed by atoms with van der Waals surface area (Å²) in [6.07, 6.45) is 0.478. The zero-order valence-corrected chi connectivity index (χ0v) is 13.1. The minimum Gasteiger partial charge on any atom is -0.313 e. The third-order valence-corrected chi connectivity index (χ3v) is 4.60. The van der Waals surface area contributed by atoms with E-state index in [-0.39, 0.29) is 11.9 Å². The first-order chi connectivity index (χ1) is 9.01. The van der Waals surface area contributed by atoms with E-state index in [0.717, 1.165) is 5.56 Å². The second-order valence-electron chi connectivity index (χ2n) is 4.06. The molecule has 0 saturated carbocycles. The van der Waals surface area contributed by atoms with Crippen molar-refractivity contribution in [2.24, 2.45) is 0 Å². The van der Waals surface area contributed by atoms with E-state index in [0.29, 0.717) is 25.7 Å². The monoisotopic (exact) mass is 337 g/mol. The van der Waals surface area contributed by atoms with E-state index in [1.54, 1.807) is 19.2 Å².